The van der Waals surface area contributed by atoms with Gasteiger partial charge in [-0.1, -0.05) is 11.6 Å². The van der Waals surface area contributed by atoms with Crippen LogP contribution in [0.1, 0.15) is 30.3 Å². The van der Waals surface area contributed by atoms with Gasteiger partial charge in [-0.3, -0.25) is 9.36 Å². The molecule has 32 heavy (non-hydrogen) atoms. The van der Waals surface area contributed by atoms with E-state index < -0.39 is 5.82 Å². The Morgan fingerprint density at radius 1 is 1.25 bits per heavy atom. The Labute approximate surface area is 188 Å². The van der Waals surface area contributed by atoms with Crippen molar-refractivity contribution in [2.45, 2.75) is 25.7 Å². The summed E-state index contributed by atoms with van der Waals surface area (Å²) in [6.07, 6.45) is 5.10. The van der Waals surface area contributed by atoms with E-state index in [0.717, 1.165) is 25.1 Å². The van der Waals surface area contributed by atoms with Gasteiger partial charge < -0.3 is 9.32 Å². The Morgan fingerprint density at radius 3 is 2.84 bits per heavy atom. The van der Waals surface area contributed by atoms with Crippen molar-refractivity contribution < 1.29 is 8.81 Å². The first-order valence-electron chi connectivity index (χ1n) is 10.4. The number of hydrogen-bond acceptors (Lipinski definition) is 6. The van der Waals surface area contributed by atoms with Gasteiger partial charge in [0.1, 0.15) is 23.2 Å². The topological polar surface area (TPSA) is 77.1 Å². The number of anilines is 1. The van der Waals surface area contributed by atoms with E-state index in [1.165, 1.54) is 17.0 Å². The lowest BCUT2D eigenvalue weighted by molar-refractivity contribution is 0.410. The average molecular weight is 454 g/mol. The summed E-state index contributed by atoms with van der Waals surface area (Å²) in [5.74, 6) is 1.69. The second-order valence-electron chi connectivity index (χ2n) is 8.06. The van der Waals surface area contributed by atoms with Crippen LogP contribution in [-0.2, 0) is 7.05 Å². The molecule has 1 unspecified atom stereocenters. The van der Waals surface area contributed by atoms with E-state index in [-0.39, 0.29) is 33.1 Å². The lowest BCUT2D eigenvalue weighted by Crippen LogP contribution is -2.35. The van der Waals surface area contributed by atoms with Crippen molar-refractivity contribution >= 4 is 28.3 Å². The molecule has 0 spiro atoms. The summed E-state index contributed by atoms with van der Waals surface area (Å²) < 4.78 is 21.9. The molecule has 3 aromatic heterocycles. The SMILES string of the molecule is Cc1nc2cc(N3CCCC(c4cnco4)C3)nc(-c3ccc(Cl)cc3F)c2c(=O)n1C. The Morgan fingerprint density at radius 2 is 2.09 bits per heavy atom. The molecule has 1 aliphatic rings. The van der Waals surface area contributed by atoms with Crippen LogP contribution in [-0.4, -0.2) is 32.6 Å². The summed E-state index contributed by atoms with van der Waals surface area (Å²) in [5, 5.41) is 0.561. The third kappa shape index (κ3) is 3.54. The Kier molecular flexibility index (Phi) is 5.17. The van der Waals surface area contributed by atoms with E-state index >= 15 is 0 Å². The molecule has 0 amide bonds. The number of aryl methyl sites for hydroxylation is 1. The smallest absolute Gasteiger partial charge is 0.263 e. The van der Waals surface area contributed by atoms with Gasteiger partial charge >= 0.3 is 0 Å². The van der Waals surface area contributed by atoms with Crippen LogP contribution in [0, 0.1) is 12.7 Å². The fraction of sp³-hybridized carbons (Fsp3) is 0.304. The van der Waals surface area contributed by atoms with Crippen molar-refractivity contribution in [2.75, 3.05) is 18.0 Å². The van der Waals surface area contributed by atoms with E-state index in [1.807, 2.05) is 6.07 Å². The molecule has 1 saturated heterocycles. The maximum atomic E-state index is 14.9. The van der Waals surface area contributed by atoms with E-state index in [2.05, 4.69) is 14.9 Å². The number of fused-ring (bicyclic) bond motifs is 1. The number of hydrogen-bond donors (Lipinski definition) is 0. The largest absolute Gasteiger partial charge is 0.448 e. The number of oxazole rings is 1. The van der Waals surface area contributed by atoms with Crippen molar-refractivity contribution in [2.24, 2.45) is 7.05 Å². The van der Waals surface area contributed by atoms with E-state index in [9.17, 15) is 9.18 Å². The van der Waals surface area contributed by atoms with Crippen molar-refractivity contribution in [3.05, 3.63) is 69.6 Å². The van der Waals surface area contributed by atoms with Gasteiger partial charge in [0.05, 0.1) is 22.8 Å². The summed E-state index contributed by atoms with van der Waals surface area (Å²) in [6.45, 7) is 3.24. The molecule has 0 aliphatic carbocycles. The molecule has 0 bridgehead atoms. The van der Waals surface area contributed by atoms with Crippen LogP contribution >= 0.6 is 11.6 Å². The fourth-order valence-electron chi connectivity index (χ4n) is 4.26. The Hall–Kier alpha value is -3.26. The third-order valence-electron chi connectivity index (χ3n) is 6.06. The molecule has 1 atom stereocenters. The Balaban J connectivity index is 1.69. The maximum absolute atomic E-state index is 14.9. The summed E-state index contributed by atoms with van der Waals surface area (Å²) >= 11 is 5.96. The molecule has 7 nitrogen and oxygen atoms in total. The van der Waals surface area contributed by atoms with Crippen LogP contribution in [0.5, 0.6) is 0 Å². The summed E-state index contributed by atoms with van der Waals surface area (Å²) in [6, 6.07) is 6.18. The monoisotopic (exact) mass is 453 g/mol. The first-order chi connectivity index (χ1) is 15.4. The fourth-order valence-corrected chi connectivity index (χ4v) is 4.42. The molecule has 1 fully saturated rings. The zero-order valence-corrected chi connectivity index (χ0v) is 18.4. The highest BCUT2D eigenvalue weighted by Crippen LogP contribution is 2.34. The van der Waals surface area contributed by atoms with Gasteiger partial charge in [0.15, 0.2) is 6.39 Å². The van der Waals surface area contributed by atoms with Crippen molar-refractivity contribution in [3.8, 4) is 11.3 Å². The first kappa shape index (κ1) is 20.6. The van der Waals surface area contributed by atoms with Crippen LogP contribution in [0.3, 0.4) is 0 Å². The van der Waals surface area contributed by atoms with Crippen LogP contribution in [0.4, 0.5) is 10.2 Å². The second kappa shape index (κ2) is 8.02. The molecule has 0 saturated carbocycles. The zero-order chi connectivity index (χ0) is 22.4. The van der Waals surface area contributed by atoms with Gasteiger partial charge in [-0.05, 0) is 38.0 Å². The minimum Gasteiger partial charge on any atom is -0.448 e. The quantitative estimate of drug-likeness (QED) is 0.455. The van der Waals surface area contributed by atoms with E-state index in [0.29, 0.717) is 23.7 Å². The van der Waals surface area contributed by atoms with Crippen molar-refractivity contribution in [1.29, 1.82) is 0 Å². The predicted octanol–water partition coefficient (Wildman–Crippen LogP) is 4.47. The lowest BCUT2D eigenvalue weighted by Gasteiger charge is -2.33. The molecule has 5 rings (SSSR count). The van der Waals surface area contributed by atoms with Crippen LogP contribution in [0.25, 0.3) is 22.2 Å². The standard InChI is InChI=1S/C23H21ClFN5O2/c1-13-27-18-9-20(30-7-3-4-14(11-30)19-10-26-12-32-19)28-22(21(18)23(31)29(13)2)16-6-5-15(24)8-17(16)25/h5-6,8-10,12,14H,3-4,7,11H2,1-2H3. The number of pyridine rings is 1. The minimum absolute atomic E-state index is 0.179. The maximum Gasteiger partial charge on any atom is 0.263 e. The molecule has 1 aromatic carbocycles. The zero-order valence-electron chi connectivity index (χ0n) is 17.7. The van der Waals surface area contributed by atoms with Crippen LogP contribution < -0.4 is 10.5 Å². The highest BCUT2D eigenvalue weighted by Gasteiger charge is 2.26. The number of aromatic nitrogens is 4. The Bertz CT molecular complexity index is 1370. The number of benzene rings is 1. The van der Waals surface area contributed by atoms with Gasteiger partial charge in [0.2, 0.25) is 0 Å². The van der Waals surface area contributed by atoms with E-state index in [4.69, 9.17) is 21.0 Å². The van der Waals surface area contributed by atoms with Gasteiger partial charge in [0, 0.05) is 42.7 Å². The van der Waals surface area contributed by atoms with Crippen molar-refractivity contribution in [1.82, 2.24) is 19.5 Å². The molecule has 0 radical (unpaired) electrons. The van der Waals surface area contributed by atoms with Crippen LogP contribution in [0.2, 0.25) is 5.02 Å². The number of rotatable bonds is 3. The van der Waals surface area contributed by atoms with Gasteiger partial charge in [-0.15, -0.1) is 0 Å². The second-order valence-corrected chi connectivity index (χ2v) is 8.50. The highest BCUT2D eigenvalue weighted by atomic mass is 35.5. The van der Waals surface area contributed by atoms with E-state index in [1.54, 1.807) is 32.3 Å². The van der Waals surface area contributed by atoms with Crippen LogP contribution in [0.15, 0.2) is 46.1 Å². The molecule has 0 N–H and O–H groups in total. The molecular weight excluding hydrogens is 433 g/mol. The van der Waals surface area contributed by atoms with Gasteiger partial charge in [-0.2, -0.15) is 0 Å². The predicted molar refractivity (Wildman–Crippen MR) is 121 cm³/mol. The molecular formula is C23H21ClFN5O2. The molecule has 1 aliphatic heterocycles. The molecule has 4 aromatic rings. The first-order valence-corrected chi connectivity index (χ1v) is 10.8. The number of nitrogens with zero attached hydrogens (tertiary/aromatic N) is 5. The summed E-state index contributed by atoms with van der Waals surface area (Å²) in [5.41, 5.74) is 0.699. The summed E-state index contributed by atoms with van der Waals surface area (Å²) in [4.78, 5) is 28.7. The third-order valence-corrected chi connectivity index (χ3v) is 6.29. The van der Waals surface area contributed by atoms with Crippen molar-refractivity contribution in [3.63, 3.8) is 0 Å². The molecule has 4 heterocycles. The average Bonchev–Trinajstić information content (AvgIpc) is 3.32. The lowest BCUT2D eigenvalue weighted by atomic mass is 9.96. The molecule has 164 valence electrons. The van der Waals surface area contributed by atoms with Gasteiger partial charge in [0.25, 0.3) is 5.56 Å². The highest BCUT2D eigenvalue weighted by molar-refractivity contribution is 6.30. The molecule has 9 heteroatoms. The number of piperidine rings is 1. The minimum atomic E-state index is -0.538. The normalized spacial score (nSPS) is 16.6. The number of halogens is 2. The summed E-state index contributed by atoms with van der Waals surface area (Å²) in [7, 11) is 1.65. The van der Waals surface area contributed by atoms with Gasteiger partial charge in [-0.25, -0.2) is 19.3 Å².